The summed E-state index contributed by atoms with van der Waals surface area (Å²) < 4.78 is 37.6. The van der Waals surface area contributed by atoms with Crippen LogP contribution in [0.3, 0.4) is 0 Å². The monoisotopic (exact) mass is 550 g/mol. The Morgan fingerprint density at radius 3 is 2.55 bits per heavy atom. The Morgan fingerprint density at radius 1 is 1.23 bits per heavy atom. The highest BCUT2D eigenvalue weighted by atomic mass is 127. The minimum atomic E-state index is -2.62. The summed E-state index contributed by atoms with van der Waals surface area (Å²) in [7, 11) is 3.29. The second-order valence-electron chi connectivity index (χ2n) is 6.77. The van der Waals surface area contributed by atoms with E-state index in [0.29, 0.717) is 25.7 Å². The van der Waals surface area contributed by atoms with Gasteiger partial charge in [0.1, 0.15) is 11.6 Å². The van der Waals surface area contributed by atoms with E-state index >= 15 is 0 Å². The molecule has 1 aromatic heterocycles. The third-order valence-electron chi connectivity index (χ3n) is 5.05. The number of imidazole rings is 1. The predicted molar refractivity (Wildman–Crippen MR) is 125 cm³/mol. The Kier molecular flexibility index (Phi) is 10.4. The molecule has 1 saturated heterocycles. The molecule has 0 aliphatic carbocycles. The molecule has 172 valence electrons. The number of guanidine groups is 1. The van der Waals surface area contributed by atoms with Gasteiger partial charge in [-0.1, -0.05) is 12.1 Å². The lowest BCUT2D eigenvalue weighted by molar-refractivity contribution is 0.0170. The average molecular weight is 550 g/mol. The lowest BCUT2D eigenvalue weighted by Gasteiger charge is -2.35. The molecule has 1 aromatic carbocycles. The number of rotatable bonds is 8. The number of hydrogen-bond donors (Lipinski definition) is 2. The largest absolute Gasteiger partial charge is 0.497 e. The van der Waals surface area contributed by atoms with E-state index in [2.05, 4.69) is 37.6 Å². The van der Waals surface area contributed by atoms with Gasteiger partial charge in [-0.2, -0.15) is 8.78 Å². The van der Waals surface area contributed by atoms with Crippen molar-refractivity contribution in [3.63, 3.8) is 0 Å². The van der Waals surface area contributed by atoms with Crippen LogP contribution >= 0.6 is 24.0 Å². The number of methoxy groups -OCH3 is 1. The molecule has 0 spiro atoms. The first-order valence-corrected chi connectivity index (χ1v) is 9.82. The Bertz CT molecular complexity index is 812. The van der Waals surface area contributed by atoms with Gasteiger partial charge in [-0.05, 0) is 17.7 Å². The summed E-state index contributed by atoms with van der Waals surface area (Å²) in [5.74, 6) is 1.57. The summed E-state index contributed by atoms with van der Waals surface area (Å²) >= 11 is 0. The Balaban J connectivity index is 0.00000341. The fourth-order valence-electron chi connectivity index (χ4n) is 3.41. The number of alkyl halides is 2. The Morgan fingerprint density at radius 2 is 1.94 bits per heavy atom. The third-order valence-corrected chi connectivity index (χ3v) is 5.05. The molecule has 2 N–H and O–H groups in total. The molecule has 1 atom stereocenters. The molecule has 1 aliphatic rings. The van der Waals surface area contributed by atoms with Crippen molar-refractivity contribution >= 4 is 29.9 Å². The third kappa shape index (κ3) is 7.01. The van der Waals surface area contributed by atoms with Crippen molar-refractivity contribution in [3.8, 4) is 5.75 Å². The molecule has 11 heteroatoms. The van der Waals surface area contributed by atoms with Crippen LogP contribution < -0.4 is 15.4 Å². The fraction of sp³-hybridized carbons (Fsp3) is 0.500. The van der Waals surface area contributed by atoms with Gasteiger partial charge in [-0.25, -0.2) is 4.98 Å². The molecule has 1 unspecified atom stereocenters. The summed E-state index contributed by atoms with van der Waals surface area (Å²) in [6.07, 6.45) is 2.62. The van der Waals surface area contributed by atoms with Crippen LogP contribution in [0.2, 0.25) is 0 Å². The van der Waals surface area contributed by atoms with Crippen LogP contribution in [0.15, 0.2) is 41.7 Å². The highest BCUT2D eigenvalue weighted by Gasteiger charge is 2.23. The van der Waals surface area contributed by atoms with Crippen LogP contribution in [0.4, 0.5) is 8.78 Å². The Labute approximate surface area is 198 Å². The van der Waals surface area contributed by atoms with E-state index in [1.54, 1.807) is 14.2 Å². The Hall–Kier alpha value is -1.99. The van der Waals surface area contributed by atoms with Gasteiger partial charge >= 0.3 is 6.55 Å². The van der Waals surface area contributed by atoms with Crippen molar-refractivity contribution in [1.82, 2.24) is 25.1 Å². The highest BCUT2D eigenvalue weighted by molar-refractivity contribution is 14.0. The van der Waals surface area contributed by atoms with Crippen LogP contribution in [0.5, 0.6) is 5.75 Å². The zero-order chi connectivity index (χ0) is 21.3. The van der Waals surface area contributed by atoms with Gasteiger partial charge in [0.2, 0.25) is 0 Å². The molecular formula is C20H29F2IN6O2. The minimum absolute atomic E-state index is 0. The number of aliphatic imine (C=N–C) groups is 1. The second-order valence-corrected chi connectivity index (χ2v) is 6.77. The van der Waals surface area contributed by atoms with Crippen molar-refractivity contribution in [3.05, 3.63) is 48.0 Å². The number of morpholine rings is 1. The number of benzene rings is 1. The first kappa shape index (κ1) is 25.3. The molecule has 1 aliphatic heterocycles. The van der Waals surface area contributed by atoms with Gasteiger partial charge < -0.3 is 20.1 Å². The molecule has 0 bridgehead atoms. The van der Waals surface area contributed by atoms with Gasteiger partial charge in [-0.3, -0.25) is 14.5 Å². The lowest BCUT2D eigenvalue weighted by Crippen LogP contribution is -2.46. The van der Waals surface area contributed by atoms with Crippen LogP contribution in [0, 0.1) is 0 Å². The van der Waals surface area contributed by atoms with Gasteiger partial charge in [0.15, 0.2) is 5.96 Å². The maximum absolute atomic E-state index is 13.0. The van der Waals surface area contributed by atoms with Crippen LogP contribution in [0.25, 0.3) is 0 Å². The summed E-state index contributed by atoms with van der Waals surface area (Å²) in [5.41, 5.74) is 1.15. The number of ether oxygens (including phenoxy) is 2. The summed E-state index contributed by atoms with van der Waals surface area (Å²) in [5, 5.41) is 6.36. The SMILES string of the molecule is CN=C(NCc1nccn1C(F)F)NCC(c1ccc(OC)cc1)N1CCOCC1.I. The molecule has 0 saturated carbocycles. The van der Waals surface area contributed by atoms with E-state index < -0.39 is 6.55 Å². The molecule has 3 rings (SSSR count). The zero-order valence-corrected chi connectivity index (χ0v) is 20.0. The highest BCUT2D eigenvalue weighted by Crippen LogP contribution is 2.23. The normalized spacial score (nSPS) is 16.0. The van der Waals surface area contributed by atoms with Crippen molar-refractivity contribution in [1.29, 1.82) is 0 Å². The average Bonchev–Trinajstić information content (AvgIpc) is 3.26. The predicted octanol–water partition coefficient (Wildman–Crippen LogP) is 2.64. The molecule has 0 radical (unpaired) electrons. The van der Waals surface area contributed by atoms with E-state index in [1.807, 2.05) is 12.1 Å². The number of hydrogen-bond acceptors (Lipinski definition) is 5. The minimum Gasteiger partial charge on any atom is -0.497 e. The van der Waals surface area contributed by atoms with E-state index in [0.717, 1.165) is 29.0 Å². The number of aromatic nitrogens is 2. The quantitative estimate of drug-likeness (QED) is 0.299. The first-order valence-electron chi connectivity index (χ1n) is 9.82. The van der Waals surface area contributed by atoms with E-state index in [9.17, 15) is 8.78 Å². The second kappa shape index (κ2) is 12.8. The summed E-state index contributed by atoms with van der Waals surface area (Å²) in [4.78, 5) is 10.5. The van der Waals surface area contributed by atoms with Crippen LogP contribution in [0.1, 0.15) is 24.0 Å². The molecule has 1 fully saturated rings. The topological polar surface area (TPSA) is 75.9 Å². The molecule has 2 heterocycles. The summed E-state index contributed by atoms with van der Waals surface area (Å²) in [6, 6.07) is 8.09. The van der Waals surface area contributed by atoms with Crippen LogP contribution in [-0.2, 0) is 11.3 Å². The molecule has 0 amide bonds. The van der Waals surface area contributed by atoms with Gasteiger partial charge in [0, 0.05) is 39.1 Å². The molecule has 2 aromatic rings. The van der Waals surface area contributed by atoms with Crippen LogP contribution in [-0.4, -0.2) is 67.4 Å². The van der Waals surface area contributed by atoms with Crippen molar-refractivity contribution in [2.24, 2.45) is 4.99 Å². The number of nitrogens with zero attached hydrogens (tertiary/aromatic N) is 4. The fourth-order valence-corrected chi connectivity index (χ4v) is 3.41. The smallest absolute Gasteiger partial charge is 0.319 e. The standard InChI is InChI=1S/C20H28F2N6O2.HI/c1-23-20(26-14-18-24-7-8-28(18)19(21)22)25-13-17(27-9-11-30-12-10-27)15-3-5-16(29-2)6-4-15;/h3-8,17,19H,9-14H2,1-2H3,(H2,23,25,26);1H. The maximum atomic E-state index is 13.0. The van der Waals surface area contributed by atoms with Gasteiger partial charge in [-0.15, -0.1) is 24.0 Å². The molecular weight excluding hydrogens is 521 g/mol. The van der Waals surface area contributed by atoms with E-state index in [-0.39, 0.29) is 42.4 Å². The van der Waals surface area contributed by atoms with Crippen molar-refractivity contribution in [2.75, 3.05) is 47.0 Å². The molecule has 8 nitrogen and oxygen atoms in total. The van der Waals surface area contributed by atoms with Crippen molar-refractivity contribution in [2.45, 2.75) is 19.1 Å². The van der Waals surface area contributed by atoms with E-state index in [1.165, 1.54) is 12.4 Å². The maximum Gasteiger partial charge on any atom is 0.319 e. The zero-order valence-electron chi connectivity index (χ0n) is 17.6. The van der Waals surface area contributed by atoms with Gasteiger partial charge in [0.25, 0.3) is 0 Å². The van der Waals surface area contributed by atoms with E-state index in [4.69, 9.17) is 9.47 Å². The van der Waals surface area contributed by atoms with Crippen molar-refractivity contribution < 1.29 is 18.3 Å². The van der Waals surface area contributed by atoms with Gasteiger partial charge in [0.05, 0.1) is 32.9 Å². The lowest BCUT2D eigenvalue weighted by atomic mass is 10.0. The number of halogens is 3. The molecule has 31 heavy (non-hydrogen) atoms. The summed E-state index contributed by atoms with van der Waals surface area (Å²) in [6.45, 7) is 1.15. The first-order chi connectivity index (χ1) is 14.6. The number of nitrogens with one attached hydrogen (secondary N) is 2.